The molecule has 0 aliphatic carbocycles. The lowest BCUT2D eigenvalue weighted by Crippen LogP contribution is -2.50. The third-order valence-corrected chi connectivity index (χ3v) is 7.00. The van der Waals surface area contributed by atoms with Gasteiger partial charge in [0.15, 0.2) is 0 Å². The fourth-order valence-electron chi connectivity index (χ4n) is 4.83. The zero-order valence-corrected chi connectivity index (χ0v) is 21.0. The lowest BCUT2D eigenvalue weighted by Gasteiger charge is -2.33. The minimum absolute atomic E-state index is 0.0419. The Morgan fingerprint density at radius 1 is 1.26 bits per heavy atom. The van der Waals surface area contributed by atoms with Gasteiger partial charge in [-0.15, -0.1) is 6.58 Å². The Balaban J connectivity index is 1.44. The van der Waals surface area contributed by atoms with Crippen LogP contribution in [0.5, 0.6) is 0 Å². The monoisotopic (exact) mass is 474 g/mol. The van der Waals surface area contributed by atoms with Gasteiger partial charge in [0.2, 0.25) is 11.8 Å². The number of carbonyl (C=O) groups excluding carboxylic acids is 2. The SMILES string of the molecule is C=CC[C@]1(N(C)C)CCN(c2ccnc(NC(=O)Cc3cccc(C4=CN(C)N(C)C4)c3)c2)C1=O. The minimum atomic E-state index is -0.585. The van der Waals surface area contributed by atoms with Gasteiger partial charge in [0.1, 0.15) is 11.4 Å². The maximum atomic E-state index is 13.3. The van der Waals surface area contributed by atoms with Gasteiger partial charge >= 0.3 is 0 Å². The molecule has 0 spiro atoms. The molecule has 2 aliphatic rings. The lowest BCUT2D eigenvalue weighted by molar-refractivity contribution is -0.126. The first-order valence-electron chi connectivity index (χ1n) is 11.8. The molecule has 8 heteroatoms. The van der Waals surface area contributed by atoms with Gasteiger partial charge in [0.25, 0.3) is 0 Å². The molecule has 4 rings (SSSR count). The molecule has 1 fully saturated rings. The van der Waals surface area contributed by atoms with E-state index in [0.29, 0.717) is 25.2 Å². The molecule has 35 heavy (non-hydrogen) atoms. The number of aromatic nitrogens is 1. The highest BCUT2D eigenvalue weighted by molar-refractivity contribution is 6.03. The third kappa shape index (κ3) is 4.99. The molecular weight excluding hydrogens is 440 g/mol. The minimum Gasteiger partial charge on any atom is -0.316 e. The highest BCUT2D eigenvalue weighted by Gasteiger charge is 2.48. The van der Waals surface area contributed by atoms with E-state index in [1.165, 1.54) is 5.57 Å². The summed E-state index contributed by atoms with van der Waals surface area (Å²) in [5, 5.41) is 7.07. The molecule has 1 N–H and O–H groups in total. The molecule has 1 saturated heterocycles. The first kappa shape index (κ1) is 24.6. The van der Waals surface area contributed by atoms with Gasteiger partial charge < -0.3 is 15.2 Å². The number of amides is 2. The van der Waals surface area contributed by atoms with Crippen molar-refractivity contribution in [2.24, 2.45) is 0 Å². The highest BCUT2D eigenvalue weighted by Crippen LogP contribution is 2.35. The van der Waals surface area contributed by atoms with E-state index in [9.17, 15) is 9.59 Å². The lowest BCUT2D eigenvalue weighted by atomic mass is 9.92. The first-order valence-corrected chi connectivity index (χ1v) is 11.8. The summed E-state index contributed by atoms with van der Waals surface area (Å²) in [5.41, 5.74) is 3.41. The summed E-state index contributed by atoms with van der Waals surface area (Å²) in [4.78, 5) is 34.2. The smallest absolute Gasteiger partial charge is 0.247 e. The summed E-state index contributed by atoms with van der Waals surface area (Å²) >= 11 is 0. The number of hydrogen-bond acceptors (Lipinski definition) is 6. The van der Waals surface area contributed by atoms with Crippen LogP contribution in [-0.4, -0.2) is 78.5 Å². The maximum Gasteiger partial charge on any atom is 0.247 e. The number of anilines is 2. The molecule has 2 amide bonds. The second kappa shape index (κ2) is 10.0. The predicted octanol–water partition coefficient (Wildman–Crippen LogP) is 3.01. The summed E-state index contributed by atoms with van der Waals surface area (Å²) in [6.07, 6.45) is 7.08. The normalized spacial score (nSPS) is 20.5. The van der Waals surface area contributed by atoms with Crippen molar-refractivity contribution in [2.75, 3.05) is 51.5 Å². The van der Waals surface area contributed by atoms with Gasteiger partial charge in [-0.1, -0.05) is 30.3 Å². The molecule has 184 valence electrons. The standard InChI is InChI=1S/C27H34N6O2/c1-6-11-27(30(2)3)12-14-33(26(27)35)23-10-13-28-24(17-23)29-25(34)16-20-8-7-9-21(15-20)22-18-31(4)32(5)19-22/h6-10,13,15,17-18H,1,11-12,14,16,19H2,2-5H3,(H,28,29,34)/t27-/m0/s1. The number of nitrogens with zero attached hydrogens (tertiary/aromatic N) is 5. The molecule has 8 nitrogen and oxygen atoms in total. The number of benzene rings is 1. The molecular formula is C27H34N6O2. The largest absolute Gasteiger partial charge is 0.316 e. The zero-order chi connectivity index (χ0) is 25.2. The van der Waals surface area contributed by atoms with Crippen LogP contribution < -0.4 is 10.2 Å². The van der Waals surface area contributed by atoms with Gasteiger partial charge in [-0.05, 0) is 49.7 Å². The molecule has 2 aromatic rings. The Hall–Kier alpha value is -3.49. The summed E-state index contributed by atoms with van der Waals surface area (Å²) < 4.78 is 0. The summed E-state index contributed by atoms with van der Waals surface area (Å²) in [6, 6.07) is 11.6. The van der Waals surface area contributed by atoms with Gasteiger partial charge in [-0.2, -0.15) is 0 Å². The van der Waals surface area contributed by atoms with E-state index in [1.807, 2.05) is 45.2 Å². The van der Waals surface area contributed by atoms with Crippen molar-refractivity contribution < 1.29 is 9.59 Å². The number of pyridine rings is 1. The fourth-order valence-corrected chi connectivity index (χ4v) is 4.83. The Kier molecular flexibility index (Phi) is 7.05. The molecule has 0 radical (unpaired) electrons. The number of likely N-dealkylation sites (N-methyl/N-ethyl adjacent to an activating group) is 2. The van der Waals surface area contributed by atoms with E-state index < -0.39 is 5.54 Å². The van der Waals surface area contributed by atoms with Gasteiger partial charge in [0.05, 0.1) is 6.42 Å². The number of hydrogen-bond donors (Lipinski definition) is 1. The second-order valence-electron chi connectivity index (χ2n) is 9.49. The number of hydrazine groups is 1. The quantitative estimate of drug-likeness (QED) is 0.593. The topological polar surface area (TPSA) is 72.0 Å². The molecule has 1 aromatic carbocycles. The number of carbonyl (C=O) groups is 2. The molecule has 0 saturated carbocycles. The van der Waals surface area contributed by atoms with E-state index >= 15 is 0 Å². The third-order valence-electron chi connectivity index (χ3n) is 7.00. The van der Waals surface area contributed by atoms with Crippen LogP contribution in [0.15, 0.2) is 61.4 Å². The summed E-state index contributed by atoms with van der Waals surface area (Å²) in [7, 11) is 7.91. The Morgan fingerprint density at radius 2 is 2.06 bits per heavy atom. The van der Waals surface area contributed by atoms with Crippen LogP contribution in [0, 0.1) is 0 Å². The zero-order valence-electron chi connectivity index (χ0n) is 21.0. The first-order chi connectivity index (χ1) is 16.7. The van der Waals surface area contributed by atoms with Gasteiger partial charge in [-0.25, -0.2) is 9.99 Å². The molecule has 1 aromatic heterocycles. The molecule has 0 bridgehead atoms. The van der Waals surface area contributed by atoms with Crippen molar-refractivity contribution in [3.8, 4) is 0 Å². The summed E-state index contributed by atoms with van der Waals surface area (Å²) in [6.45, 7) is 5.28. The highest BCUT2D eigenvalue weighted by atomic mass is 16.2. The summed E-state index contributed by atoms with van der Waals surface area (Å²) in [5.74, 6) is 0.327. The van der Waals surface area contributed by atoms with Crippen molar-refractivity contribution >= 4 is 28.9 Å². The van der Waals surface area contributed by atoms with E-state index in [1.54, 1.807) is 29.3 Å². The van der Waals surface area contributed by atoms with Crippen LogP contribution in [-0.2, 0) is 16.0 Å². The van der Waals surface area contributed by atoms with Crippen LogP contribution in [0.3, 0.4) is 0 Å². The predicted molar refractivity (Wildman–Crippen MR) is 140 cm³/mol. The van der Waals surface area contributed by atoms with Gasteiger partial charge in [0, 0.05) is 51.3 Å². The Labute approximate surface area is 207 Å². The van der Waals surface area contributed by atoms with Crippen LogP contribution in [0.4, 0.5) is 11.5 Å². The Morgan fingerprint density at radius 3 is 2.74 bits per heavy atom. The van der Waals surface area contributed by atoms with Crippen molar-refractivity contribution in [3.63, 3.8) is 0 Å². The van der Waals surface area contributed by atoms with E-state index in [0.717, 1.165) is 23.4 Å². The average Bonchev–Trinajstić information content (AvgIpc) is 3.34. The van der Waals surface area contributed by atoms with Crippen molar-refractivity contribution in [1.82, 2.24) is 19.9 Å². The fraction of sp³-hybridized carbons (Fsp3) is 0.370. The van der Waals surface area contributed by atoms with Crippen LogP contribution in [0.2, 0.25) is 0 Å². The van der Waals surface area contributed by atoms with Crippen LogP contribution >= 0.6 is 0 Å². The van der Waals surface area contributed by atoms with Crippen LogP contribution in [0.25, 0.3) is 5.57 Å². The van der Waals surface area contributed by atoms with E-state index in [4.69, 9.17) is 0 Å². The molecule has 0 unspecified atom stereocenters. The van der Waals surface area contributed by atoms with E-state index in [2.05, 4.69) is 45.2 Å². The van der Waals surface area contributed by atoms with E-state index in [-0.39, 0.29) is 18.2 Å². The molecule has 1 atom stereocenters. The van der Waals surface area contributed by atoms with Gasteiger partial charge in [-0.3, -0.25) is 14.5 Å². The van der Waals surface area contributed by atoms with Crippen LogP contribution in [0.1, 0.15) is 24.0 Å². The molecule has 2 aliphatic heterocycles. The van der Waals surface area contributed by atoms with Crippen molar-refractivity contribution in [3.05, 3.63) is 72.6 Å². The maximum absolute atomic E-state index is 13.3. The molecule has 3 heterocycles. The van der Waals surface area contributed by atoms with Crippen molar-refractivity contribution in [2.45, 2.75) is 24.8 Å². The average molecular weight is 475 g/mol. The van der Waals surface area contributed by atoms with Crippen molar-refractivity contribution in [1.29, 1.82) is 0 Å². The number of rotatable bonds is 8. The second-order valence-corrected chi connectivity index (χ2v) is 9.49. The number of nitrogens with one attached hydrogen (secondary N) is 1. The Bertz CT molecular complexity index is 1160.